The topological polar surface area (TPSA) is 103 Å². The molecule has 0 saturated heterocycles. The van der Waals surface area contributed by atoms with Crippen molar-refractivity contribution in [3.63, 3.8) is 0 Å². The van der Waals surface area contributed by atoms with E-state index in [1.165, 1.54) is 12.1 Å². The molecule has 2 aromatic carbocycles. The molecule has 7 heteroatoms. The summed E-state index contributed by atoms with van der Waals surface area (Å²) in [5.41, 5.74) is 1.55. The third kappa shape index (κ3) is 4.30. The standard InChI is InChI=1S/C17H13ClN4O2/c18-15-5-1-12(2-6-15)11-21-17(14(9-19)10-20)13-3-7-16(8-4-13)22(23)24/h1-8,14,17,21H,11H2. The second-order valence-electron chi connectivity index (χ2n) is 5.07. The Balaban J connectivity index is 2.21. The second-order valence-corrected chi connectivity index (χ2v) is 5.51. The summed E-state index contributed by atoms with van der Waals surface area (Å²) < 4.78 is 0. The van der Waals surface area contributed by atoms with Gasteiger partial charge < -0.3 is 5.32 Å². The maximum Gasteiger partial charge on any atom is 0.269 e. The molecule has 1 unspecified atom stereocenters. The lowest BCUT2D eigenvalue weighted by Gasteiger charge is -2.20. The number of halogens is 1. The van der Waals surface area contributed by atoms with Crippen LogP contribution in [0.5, 0.6) is 0 Å². The predicted octanol–water partition coefficient (Wildman–Crippen LogP) is 3.74. The van der Waals surface area contributed by atoms with E-state index < -0.39 is 16.9 Å². The molecule has 0 bridgehead atoms. The van der Waals surface area contributed by atoms with Crippen LogP contribution in [0, 0.1) is 38.7 Å². The van der Waals surface area contributed by atoms with Gasteiger partial charge in [0, 0.05) is 23.7 Å². The molecule has 0 aliphatic carbocycles. The van der Waals surface area contributed by atoms with Gasteiger partial charge >= 0.3 is 0 Å². The van der Waals surface area contributed by atoms with E-state index in [4.69, 9.17) is 11.6 Å². The highest BCUT2D eigenvalue weighted by atomic mass is 35.5. The largest absolute Gasteiger partial charge is 0.304 e. The van der Waals surface area contributed by atoms with Crippen LogP contribution < -0.4 is 5.32 Å². The maximum atomic E-state index is 10.7. The minimum atomic E-state index is -0.918. The quantitative estimate of drug-likeness (QED) is 0.637. The van der Waals surface area contributed by atoms with Gasteiger partial charge in [-0.3, -0.25) is 10.1 Å². The molecule has 0 heterocycles. The van der Waals surface area contributed by atoms with Crippen LogP contribution in [-0.4, -0.2) is 4.92 Å². The van der Waals surface area contributed by atoms with E-state index >= 15 is 0 Å². The highest BCUT2D eigenvalue weighted by Crippen LogP contribution is 2.24. The fourth-order valence-corrected chi connectivity index (χ4v) is 2.37. The lowest BCUT2D eigenvalue weighted by atomic mass is 9.94. The lowest BCUT2D eigenvalue weighted by Crippen LogP contribution is -2.26. The molecule has 2 rings (SSSR count). The van der Waals surface area contributed by atoms with E-state index in [-0.39, 0.29) is 5.69 Å². The minimum Gasteiger partial charge on any atom is -0.304 e. The van der Waals surface area contributed by atoms with Crippen molar-refractivity contribution in [2.45, 2.75) is 12.6 Å². The smallest absolute Gasteiger partial charge is 0.269 e. The van der Waals surface area contributed by atoms with Crippen molar-refractivity contribution in [2.75, 3.05) is 0 Å². The first-order chi connectivity index (χ1) is 11.5. The molecule has 0 fully saturated rings. The van der Waals surface area contributed by atoms with Crippen LogP contribution in [0.25, 0.3) is 0 Å². The lowest BCUT2D eigenvalue weighted by molar-refractivity contribution is -0.384. The van der Waals surface area contributed by atoms with Gasteiger partial charge in [-0.2, -0.15) is 10.5 Å². The number of benzene rings is 2. The van der Waals surface area contributed by atoms with Crippen LogP contribution in [0.4, 0.5) is 5.69 Å². The van der Waals surface area contributed by atoms with E-state index in [0.29, 0.717) is 17.1 Å². The molecule has 1 atom stereocenters. The van der Waals surface area contributed by atoms with Gasteiger partial charge in [0.05, 0.1) is 23.1 Å². The average molecular weight is 341 g/mol. The Labute approximate surface area is 144 Å². The molecule has 24 heavy (non-hydrogen) atoms. The first-order valence-electron chi connectivity index (χ1n) is 7.06. The van der Waals surface area contributed by atoms with Crippen LogP contribution in [-0.2, 0) is 6.54 Å². The highest BCUT2D eigenvalue weighted by Gasteiger charge is 2.23. The molecular formula is C17H13ClN4O2. The Morgan fingerprint density at radius 1 is 1.08 bits per heavy atom. The first-order valence-corrected chi connectivity index (χ1v) is 7.44. The van der Waals surface area contributed by atoms with Crippen molar-refractivity contribution >= 4 is 17.3 Å². The zero-order chi connectivity index (χ0) is 17.5. The van der Waals surface area contributed by atoms with Crippen molar-refractivity contribution in [3.8, 4) is 12.1 Å². The van der Waals surface area contributed by atoms with E-state index in [1.54, 1.807) is 24.3 Å². The summed E-state index contributed by atoms with van der Waals surface area (Å²) in [7, 11) is 0. The van der Waals surface area contributed by atoms with Gasteiger partial charge in [0.25, 0.3) is 5.69 Å². The number of nitriles is 2. The van der Waals surface area contributed by atoms with Gasteiger partial charge in [-0.05, 0) is 23.3 Å². The van der Waals surface area contributed by atoms with E-state index in [1.807, 2.05) is 24.3 Å². The van der Waals surface area contributed by atoms with Gasteiger partial charge in [0.2, 0.25) is 0 Å². The van der Waals surface area contributed by atoms with Crippen molar-refractivity contribution in [3.05, 3.63) is 74.8 Å². The van der Waals surface area contributed by atoms with Gasteiger partial charge in [-0.15, -0.1) is 0 Å². The number of nitrogens with one attached hydrogen (secondary N) is 1. The Hall–Kier alpha value is -2.93. The third-order valence-corrected chi connectivity index (χ3v) is 3.77. The monoisotopic (exact) mass is 340 g/mol. The fourth-order valence-electron chi connectivity index (χ4n) is 2.24. The molecule has 0 aliphatic rings. The van der Waals surface area contributed by atoms with Crippen LogP contribution in [0.3, 0.4) is 0 Å². The van der Waals surface area contributed by atoms with Crippen LogP contribution in [0.1, 0.15) is 17.2 Å². The SMILES string of the molecule is N#CC(C#N)C(NCc1ccc(Cl)cc1)c1ccc([N+](=O)[O-])cc1. The summed E-state index contributed by atoms with van der Waals surface area (Å²) >= 11 is 5.84. The Kier molecular flexibility index (Phi) is 5.86. The number of rotatable bonds is 6. The Bertz CT molecular complexity index is 777. The van der Waals surface area contributed by atoms with Crippen molar-refractivity contribution in [1.82, 2.24) is 5.32 Å². The summed E-state index contributed by atoms with van der Waals surface area (Å²) in [5, 5.41) is 32.9. The van der Waals surface area contributed by atoms with E-state index in [2.05, 4.69) is 5.32 Å². The number of nitro benzene ring substituents is 1. The van der Waals surface area contributed by atoms with Gasteiger partial charge in [0.1, 0.15) is 0 Å². The van der Waals surface area contributed by atoms with E-state index in [0.717, 1.165) is 5.56 Å². The van der Waals surface area contributed by atoms with Crippen LogP contribution >= 0.6 is 11.6 Å². The molecule has 0 aliphatic heterocycles. The Morgan fingerprint density at radius 2 is 1.67 bits per heavy atom. The molecule has 1 N–H and O–H groups in total. The molecule has 0 saturated carbocycles. The summed E-state index contributed by atoms with van der Waals surface area (Å²) in [6.07, 6.45) is 0. The zero-order valence-corrected chi connectivity index (χ0v) is 13.3. The van der Waals surface area contributed by atoms with Crippen molar-refractivity contribution in [2.24, 2.45) is 5.92 Å². The minimum absolute atomic E-state index is 0.0410. The molecule has 120 valence electrons. The summed E-state index contributed by atoms with van der Waals surface area (Å²) in [6, 6.07) is 16.4. The summed E-state index contributed by atoms with van der Waals surface area (Å²) in [4.78, 5) is 10.2. The molecule has 0 radical (unpaired) electrons. The second kappa shape index (κ2) is 8.07. The zero-order valence-electron chi connectivity index (χ0n) is 12.5. The van der Waals surface area contributed by atoms with Gasteiger partial charge in [0.15, 0.2) is 5.92 Å². The summed E-state index contributed by atoms with van der Waals surface area (Å²) in [5.74, 6) is -0.918. The summed E-state index contributed by atoms with van der Waals surface area (Å²) in [6.45, 7) is 0.429. The number of nitro groups is 1. The van der Waals surface area contributed by atoms with Crippen molar-refractivity contribution in [1.29, 1.82) is 10.5 Å². The molecule has 6 nitrogen and oxygen atoms in total. The average Bonchev–Trinajstić information content (AvgIpc) is 2.60. The maximum absolute atomic E-state index is 10.7. The number of nitrogens with zero attached hydrogens (tertiary/aromatic N) is 3. The number of hydrogen-bond acceptors (Lipinski definition) is 5. The fraction of sp³-hybridized carbons (Fsp3) is 0.176. The third-order valence-electron chi connectivity index (χ3n) is 3.51. The Morgan fingerprint density at radius 3 is 2.17 bits per heavy atom. The molecule has 2 aromatic rings. The van der Waals surface area contributed by atoms with Crippen molar-refractivity contribution < 1.29 is 4.92 Å². The predicted molar refractivity (Wildman–Crippen MR) is 88.8 cm³/mol. The number of non-ortho nitro benzene ring substituents is 1. The first kappa shape index (κ1) is 17.4. The molecular weight excluding hydrogens is 328 g/mol. The normalized spacial score (nSPS) is 11.5. The van der Waals surface area contributed by atoms with Crippen LogP contribution in [0.2, 0.25) is 5.02 Å². The molecule has 0 amide bonds. The highest BCUT2D eigenvalue weighted by molar-refractivity contribution is 6.30. The van der Waals surface area contributed by atoms with Crippen LogP contribution in [0.15, 0.2) is 48.5 Å². The van der Waals surface area contributed by atoms with E-state index in [9.17, 15) is 20.6 Å². The molecule has 0 spiro atoms. The molecule has 0 aromatic heterocycles. The van der Waals surface area contributed by atoms with Gasteiger partial charge in [-0.1, -0.05) is 35.9 Å². The number of hydrogen-bond donors (Lipinski definition) is 1. The van der Waals surface area contributed by atoms with Gasteiger partial charge in [-0.25, -0.2) is 0 Å².